The van der Waals surface area contributed by atoms with E-state index in [-0.39, 0.29) is 11.8 Å². The normalized spacial score (nSPS) is 21.2. The quantitative estimate of drug-likeness (QED) is 0.816. The van der Waals surface area contributed by atoms with Gasteiger partial charge in [-0.2, -0.15) is 0 Å². The minimum absolute atomic E-state index is 0.0508. The zero-order chi connectivity index (χ0) is 19.0. The largest absolute Gasteiger partial charge is 0.383 e. The highest BCUT2D eigenvalue weighted by molar-refractivity contribution is 8.01. The molecule has 0 bridgehead atoms. The molecule has 0 aliphatic carbocycles. The number of para-hydroxylation sites is 1. The number of carbonyl (C=O) groups excluding carboxylic acids is 2. The maximum absolute atomic E-state index is 13.6. The lowest BCUT2D eigenvalue weighted by Gasteiger charge is -2.33. The Labute approximate surface area is 163 Å². The summed E-state index contributed by atoms with van der Waals surface area (Å²) in [6.07, 6.45) is 0. The number of carbonyl (C=O) groups is 2. The molecule has 2 amide bonds. The van der Waals surface area contributed by atoms with Crippen LogP contribution >= 0.6 is 11.8 Å². The molecule has 27 heavy (non-hydrogen) atoms. The SMILES string of the molecule is COCCN1C(=O)[C@@]2(SCCN2C(=O)c2ccccc2C)c2ccccc21. The molecular formula is C21H22N2O3S. The van der Waals surface area contributed by atoms with Crippen molar-refractivity contribution in [1.29, 1.82) is 0 Å². The molecule has 0 aromatic heterocycles. The Kier molecular flexibility index (Phi) is 4.70. The molecule has 1 fully saturated rings. The van der Waals surface area contributed by atoms with Gasteiger partial charge in [-0.25, -0.2) is 0 Å². The van der Waals surface area contributed by atoms with E-state index in [0.717, 1.165) is 22.6 Å². The molecule has 4 rings (SSSR count). The maximum atomic E-state index is 13.6. The summed E-state index contributed by atoms with van der Waals surface area (Å²) in [4.78, 5) is 29.5. The second-order valence-corrected chi connectivity index (χ2v) is 8.02. The summed E-state index contributed by atoms with van der Waals surface area (Å²) < 4.78 is 5.20. The first-order chi connectivity index (χ1) is 13.1. The number of anilines is 1. The van der Waals surface area contributed by atoms with E-state index in [0.29, 0.717) is 25.3 Å². The number of aryl methyl sites for hydroxylation is 1. The van der Waals surface area contributed by atoms with E-state index in [2.05, 4.69) is 0 Å². The molecule has 2 aliphatic rings. The topological polar surface area (TPSA) is 49.9 Å². The first-order valence-corrected chi connectivity index (χ1v) is 10.0. The number of benzene rings is 2. The van der Waals surface area contributed by atoms with Crippen LogP contribution < -0.4 is 4.90 Å². The Morgan fingerprint density at radius 2 is 1.93 bits per heavy atom. The van der Waals surface area contributed by atoms with Crippen molar-refractivity contribution in [2.24, 2.45) is 0 Å². The first-order valence-electron chi connectivity index (χ1n) is 9.03. The predicted octanol–water partition coefficient (Wildman–Crippen LogP) is 3.03. The zero-order valence-corrected chi connectivity index (χ0v) is 16.3. The molecule has 2 aromatic carbocycles. The summed E-state index contributed by atoms with van der Waals surface area (Å²) in [6, 6.07) is 15.3. The third kappa shape index (κ3) is 2.66. The third-order valence-corrected chi connectivity index (χ3v) is 6.66. The van der Waals surface area contributed by atoms with Crippen LogP contribution in [0.4, 0.5) is 5.69 Å². The number of hydrogen-bond acceptors (Lipinski definition) is 4. The third-order valence-electron chi connectivity index (χ3n) is 5.24. The van der Waals surface area contributed by atoms with E-state index in [4.69, 9.17) is 4.74 Å². The Hall–Kier alpha value is -2.31. The summed E-state index contributed by atoms with van der Waals surface area (Å²) in [5, 5.41) is 0. The van der Waals surface area contributed by atoms with Crippen LogP contribution in [0.1, 0.15) is 21.5 Å². The number of ether oxygens (including phenoxy) is 1. The highest BCUT2D eigenvalue weighted by Crippen LogP contribution is 2.54. The van der Waals surface area contributed by atoms with E-state index in [1.807, 2.05) is 55.5 Å². The van der Waals surface area contributed by atoms with Crippen molar-refractivity contribution in [3.63, 3.8) is 0 Å². The number of fused-ring (bicyclic) bond motifs is 2. The molecule has 1 atom stereocenters. The second-order valence-electron chi connectivity index (χ2n) is 6.73. The zero-order valence-electron chi connectivity index (χ0n) is 15.5. The van der Waals surface area contributed by atoms with Crippen molar-refractivity contribution in [1.82, 2.24) is 4.90 Å². The van der Waals surface area contributed by atoms with Gasteiger partial charge in [-0.15, -0.1) is 11.8 Å². The molecule has 6 heteroatoms. The fraction of sp³-hybridized carbons (Fsp3) is 0.333. The van der Waals surface area contributed by atoms with E-state index < -0.39 is 4.87 Å². The van der Waals surface area contributed by atoms with E-state index in [1.165, 1.54) is 0 Å². The molecule has 0 radical (unpaired) electrons. The van der Waals surface area contributed by atoms with Gasteiger partial charge in [-0.1, -0.05) is 36.4 Å². The molecule has 0 N–H and O–H groups in total. The second kappa shape index (κ2) is 7.02. The molecule has 2 aliphatic heterocycles. The summed E-state index contributed by atoms with van der Waals surface area (Å²) >= 11 is 1.55. The van der Waals surface area contributed by atoms with E-state index in [1.54, 1.807) is 28.7 Å². The van der Waals surface area contributed by atoms with E-state index in [9.17, 15) is 9.59 Å². The average Bonchev–Trinajstić information content (AvgIpc) is 3.23. The molecular weight excluding hydrogens is 360 g/mol. The van der Waals surface area contributed by atoms with Crippen LogP contribution in [-0.2, 0) is 14.4 Å². The molecule has 1 spiro atoms. The lowest BCUT2D eigenvalue weighted by molar-refractivity contribution is -0.123. The maximum Gasteiger partial charge on any atom is 0.268 e. The number of amides is 2. The van der Waals surface area contributed by atoms with Crippen molar-refractivity contribution >= 4 is 29.3 Å². The van der Waals surface area contributed by atoms with Gasteiger partial charge in [0.1, 0.15) is 0 Å². The highest BCUT2D eigenvalue weighted by atomic mass is 32.2. The monoisotopic (exact) mass is 382 g/mol. The van der Waals surface area contributed by atoms with Crippen LogP contribution in [0.25, 0.3) is 0 Å². The standard InChI is InChI=1S/C21H22N2O3S/c1-15-7-3-4-8-16(15)19(24)23-12-14-27-21(23)17-9-5-6-10-18(17)22(20(21)25)11-13-26-2/h3-10H,11-14H2,1-2H3/t21-/m0/s1. The van der Waals surface area contributed by atoms with Gasteiger partial charge in [0.2, 0.25) is 0 Å². The summed E-state index contributed by atoms with van der Waals surface area (Å²) in [5.41, 5.74) is 3.34. The van der Waals surface area contributed by atoms with Crippen molar-refractivity contribution in [3.05, 3.63) is 65.2 Å². The molecule has 1 saturated heterocycles. The number of hydrogen-bond donors (Lipinski definition) is 0. The smallest absolute Gasteiger partial charge is 0.268 e. The van der Waals surface area contributed by atoms with Crippen LogP contribution in [-0.4, -0.2) is 49.3 Å². The first kappa shape index (κ1) is 18.1. The number of methoxy groups -OCH3 is 1. The van der Waals surface area contributed by atoms with Crippen LogP contribution in [0.3, 0.4) is 0 Å². The molecule has 2 aromatic rings. The van der Waals surface area contributed by atoms with Crippen molar-refractivity contribution < 1.29 is 14.3 Å². The van der Waals surface area contributed by atoms with Crippen LogP contribution in [0, 0.1) is 6.92 Å². The number of thioether (sulfide) groups is 1. The average molecular weight is 382 g/mol. The summed E-state index contributed by atoms with van der Waals surface area (Å²) in [5.74, 6) is 0.593. The lowest BCUT2D eigenvalue weighted by Crippen LogP contribution is -2.51. The number of rotatable bonds is 4. The van der Waals surface area contributed by atoms with E-state index >= 15 is 0 Å². The van der Waals surface area contributed by atoms with Gasteiger partial charge < -0.3 is 14.5 Å². The van der Waals surface area contributed by atoms with Crippen LogP contribution in [0.2, 0.25) is 0 Å². The van der Waals surface area contributed by atoms with Gasteiger partial charge in [-0.05, 0) is 24.6 Å². The predicted molar refractivity (Wildman–Crippen MR) is 107 cm³/mol. The van der Waals surface area contributed by atoms with Crippen molar-refractivity contribution in [2.45, 2.75) is 11.8 Å². The Morgan fingerprint density at radius 1 is 1.19 bits per heavy atom. The van der Waals surface area contributed by atoms with Crippen LogP contribution in [0.15, 0.2) is 48.5 Å². The van der Waals surface area contributed by atoms with Crippen molar-refractivity contribution in [2.75, 3.05) is 37.5 Å². The highest BCUT2D eigenvalue weighted by Gasteiger charge is 2.59. The number of nitrogens with zero attached hydrogens (tertiary/aromatic N) is 2. The molecule has 2 heterocycles. The summed E-state index contributed by atoms with van der Waals surface area (Å²) in [7, 11) is 1.63. The fourth-order valence-corrected chi connectivity index (χ4v) is 5.39. The van der Waals surface area contributed by atoms with Gasteiger partial charge >= 0.3 is 0 Å². The Bertz CT molecular complexity index is 901. The van der Waals surface area contributed by atoms with Crippen LogP contribution in [0.5, 0.6) is 0 Å². The Balaban J connectivity index is 1.80. The fourth-order valence-electron chi connectivity index (χ4n) is 3.93. The minimum atomic E-state index is -0.982. The summed E-state index contributed by atoms with van der Waals surface area (Å²) in [6.45, 7) is 3.40. The molecule has 5 nitrogen and oxygen atoms in total. The van der Waals surface area contributed by atoms with Gasteiger partial charge in [0, 0.05) is 37.1 Å². The lowest BCUT2D eigenvalue weighted by atomic mass is 10.0. The minimum Gasteiger partial charge on any atom is -0.383 e. The van der Waals surface area contributed by atoms with Gasteiger partial charge in [0.15, 0.2) is 4.87 Å². The van der Waals surface area contributed by atoms with Crippen molar-refractivity contribution in [3.8, 4) is 0 Å². The van der Waals surface area contributed by atoms with Gasteiger partial charge in [0.25, 0.3) is 11.8 Å². The molecule has 0 unspecified atom stereocenters. The molecule has 140 valence electrons. The molecule has 0 saturated carbocycles. The van der Waals surface area contributed by atoms with Gasteiger partial charge in [-0.3, -0.25) is 9.59 Å². The van der Waals surface area contributed by atoms with Gasteiger partial charge in [0.05, 0.1) is 12.3 Å². The Morgan fingerprint density at radius 3 is 2.70 bits per heavy atom.